The molecule has 3 rings (SSSR count). The highest BCUT2D eigenvalue weighted by Crippen LogP contribution is 2.24. The first kappa shape index (κ1) is 20.2. The normalized spacial score (nSPS) is 11.3. The molecule has 3 heteroatoms. The Morgan fingerprint density at radius 2 is 1.76 bits per heavy atom. The molecule has 0 aliphatic rings. The standard InChI is InChI=1S/C26H25NO2/c1-3-20-28-24-18-16-22(17-19-24)21(4-2)10-8-11-23-12-9-15-26(27-23)29-25-13-6-5-7-14-25/h2-3,5-7,9,12-19,21H,1,8,10-11,20H2. The first-order chi connectivity index (χ1) is 14.3. The van der Waals surface area contributed by atoms with Crippen LogP contribution in [0, 0.1) is 12.3 Å². The lowest BCUT2D eigenvalue weighted by molar-refractivity contribution is 0.363. The number of benzene rings is 2. The summed E-state index contributed by atoms with van der Waals surface area (Å²) in [7, 11) is 0. The molecule has 0 fully saturated rings. The first-order valence-electron chi connectivity index (χ1n) is 9.77. The maximum atomic E-state index is 5.81. The third kappa shape index (κ3) is 6.26. The van der Waals surface area contributed by atoms with E-state index in [1.165, 1.54) is 0 Å². The largest absolute Gasteiger partial charge is 0.490 e. The third-order valence-electron chi connectivity index (χ3n) is 4.52. The number of aryl methyl sites for hydroxylation is 1. The predicted molar refractivity (Wildman–Crippen MR) is 117 cm³/mol. The molecular formula is C26H25NO2. The number of terminal acetylenes is 1. The van der Waals surface area contributed by atoms with Crippen molar-refractivity contribution in [3.05, 3.63) is 96.7 Å². The molecule has 0 amide bonds. The van der Waals surface area contributed by atoms with E-state index in [4.69, 9.17) is 15.9 Å². The first-order valence-corrected chi connectivity index (χ1v) is 9.77. The summed E-state index contributed by atoms with van der Waals surface area (Å²) in [4.78, 5) is 4.61. The smallest absolute Gasteiger partial charge is 0.219 e. The van der Waals surface area contributed by atoms with Crippen LogP contribution in [0.3, 0.4) is 0 Å². The topological polar surface area (TPSA) is 31.4 Å². The monoisotopic (exact) mass is 383 g/mol. The summed E-state index contributed by atoms with van der Waals surface area (Å²) in [5, 5.41) is 0. The van der Waals surface area contributed by atoms with Crippen molar-refractivity contribution < 1.29 is 9.47 Å². The van der Waals surface area contributed by atoms with Crippen molar-refractivity contribution in [2.75, 3.05) is 6.61 Å². The van der Waals surface area contributed by atoms with Crippen LogP contribution in [0.5, 0.6) is 17.4 Å². The van der Waals surface area contributed by atoms with Crippen LogP contribution in [-0.2, 0) is 6.42 Å². The zero-order chi connectivity index (χ0) is 20.3. The highest BCUT2D eigenvalue weighted by Gasteiger charge is 2.09. The van der Waals surface area contributed by atoms with Gasteiger partial charge in [0.1, 0.15) is 18.1 Å². The quantitative estimate of drug-likeness (QED) is 0.309. The molecule has 29 heavy (non-hydrogen) atoms. The molecular weight excluding hydrogens is 358 g/mol. The van der Waals surface area contributed by atoms with Gasteiger partial charge < -0.3 is 9.47 Å². The van der Waals surface area contributed by atoms with Crippen LogP contribution >= 0.6 is 0 Å². The van der Waals surface area contributed by atoms with Crippen molar-refractivity contribution in [1.82, 2.24) is 4.98 Å². The fraction of sp³-hybridized carbons (Fsp3) is 0.192. The van der Waals surface area contributed by atoms with Crippen molar-refractivity contribution >= 4 is 0 Å². The summed E-state index contributed by atoms with van der Waals surface area (Å²) < 4.78 is 11.3. The molecule has 1 heterocycles. The van der Waals surface area contributed by atoms with E-state index in [-0.39, 0.29) is 5.92 Å². The Bertz CT molecular complexity index is 942. The molecule has 1 aromatic heterocycles. The second kappa shape index (κ2) is 10.7. The lowest BCUT2D eigenvalue weighted by Crippen LogP contribution is -1.99. The number of nitrogens with zero attached hydrogens (tertiary/aromatic N) is 1. The molecule has 146 valence electrons. The van der Waals surface area contributed by atoms with Gasteiger partial charge >= 0.3 is 0 Å². The number of hydrogen-bond donors (Lipinski definition) is 0. The second-order valence-corrected chi connectivity index (χ2v) is 6.66. The lowest BCUT2D eigenvalue weighted by atomic mass is 9.94. The molecule has 3 aromatic rings. The van der Waals surface area contributed by atoms with Gasteiger partial charge in [0.25, 0.3) is 0 Å². The molecule has 0 saturated heterocycles. The highest BCUT2D eigenvalue weighted by molar-refractivity contribution is 5.33. The maximum absolute atomic E-state index is 5.81. The number of para-hydroxylation sites is 1. The van der Waals surface area contributed by atoms with E-state index in [2.05, 4.69) is 17.5 Å². The molecule has 0 spiro atoms. The average Bonchev–Trinajstić information content (AvgIpc) is 2.77. The SMILES string of the molecule is C#CC(CCCc1cccc(Oc2ccccc2)n1)c1ccc(OCC=C)cc1. The van der Waals surface area contributed by atoms with E-state index in [1.54, 1.807) is 6.08 Å². The van der Waals surface area contributed by atoms with Crippen molar-refractivity contribution in [3.63, 3.8) is 0 Å². The maximum Gasteiger partial charge on any atom is 0.219 e. The van der Waals surface area contributed by atoms with Gasteiger partial charge in [-0.3, -0.25) is 0 Å². The van der Waals surface area contributed by atoms with E-state index in [0.29, 0.717) is 12.5 Å². The molecule has 0 N–H and O–H groups in total. The van der Waals surface area contributed by atoms with Crippen molar-refractivity contribution in [2.24, 2.45) is 0 Å². The van der Waals surface area contributed by atoms with E-state index in [9.17, 15) is 0 Å². The Labute approximate surface area is 173 Å². The van der Waals surface area contributed by atoms with Crippen LogP contribution in [0.1, 0.15) is 30.0 Å². The van der Waals surface area contributed by atoms with Crippen LogP contribution in [0.4, 0.5) is 0 Å². The Hall–Kier alpha value is -3.51. The van der Waals surface area contributed by atoms with Gasteiger partial charge in [-0.2, -0.15) is 0 Å². The van der Waals surface area contributed by atoms with E-state index >= 15 is 0 Å². The summed E-state index contributed by atoms with van der Waals surface area (Å²) in [6.07, 6.45) is 10.2. The number of aromatic nitrogens is 1. The zero-order valence-corrected chi connectivity index (χ0v) is 16.5. The fourth-order valence-electron chi connectivity index (χ4n) is 3.05. The van der Waals surface area contributed by atoms with E-state index < -0.39 is 0 Å². The molecule has 0 saturated carbocycles. The molecule has 0 bridgehead atoms. The number of rotatable bonds is 10. The minimum atomic E-state index is 0.0761. The molecule has 0 aliphatic heterocycles. The Kier molecular flexibility index (Phi) is 7.48. The van der Waals surface area contributed by atoms with Crippen molar-refractivity contribution in [1.29, 1.82) is 0 Å². The molecule has 1 atom stereocenters. The molecule has 0 aliphatic carbocycles. The number of ether oxygens (including phenoxy) is 2. The predicted octanol–water partition coefficient (Wildman–Crippen LogP) is 6.18. The van der Waals surface area contributed by atoms with Gasteiger partial charge in [0.15, 0.2) is 0 Å². The lowest BCUT2D eigenvalue weighted by Gasteiger charge is -2.12. The fourth-order valence-corrected chi connectivity index (χ4v) is 3.05. The van der Waals surface area contributed by atoms with E-state index in [1.807, 2.05) is 72.8 Å². The number of pyridine rings is 1. The van der Waals surface area contributed by atoms with Crippen LogP contribution in [0.2, 0.25) is 0 Å². The molecule has 1 unspecified atom stereocenters. The van der Waals surface area contributed by atoms with Gasteiger partial charge in [0.2, 0.25) is 5.88 Å². The summed E-state index contributed by atoms with van der Waals surface area (Å²) in [5.74, 6) is 5.20. The van der Waals surface area contributed by atoms with Crippen molar-refractivity contribution in [3.8, 4) is 29.7 Å². The van der Waals surface area contributed by atoms with Crippen LogP contribution in [-0.4, -0.2) is 11.6 Å². The van der Waals surface area contributed by atoms with Crippen molar-refractivity contribution in [2.45, 2.75) is 25.2 Å². The highest BCUT2D eigenvalue weighted by atomic mass is 16.5. The van der Waals surface area contributed by atoms with Gasteiger partial charge in [0, 0.05) is 17.7 Å². The number of hydrogen-bond acceptors (Lipinski definition) is 3. The Morgan fingerprint density at radius 3 is 2.48 bits per heavy atom. The molecule has 3 nitrogen and oxygen atoms in total. The van der Waals surface area contributed by atoms with Crippen LogP contribution < -0.4 is 9.47 Å². The van der Waals surface area contributed by atoms with E-state index in [0.717, 1.165) is 42.0 Å². The molecule has 2 aromatic carbocycles. The summed E-state index contributed by atoms with van der Waals surface area (Å²) in [6, 6.07) is 23.5. The molecule has 0 radical (unpaired) electrons. The van der Waals surface area contributed by atoms with Gasteiger partial charge in [-0.1, -0.05) is 55.0 Å². The van der Waals surface area contributed by atoms with Gasteiger partial charge in [-0.15, -0.1) is 6.42 Å². The van der Waals surface area contributed by atoms with Gasteiger partial charge in [-0.25, -0.2) is 4.98 Å². The van der Waals surface area contributed by atoms with Gasteiger partial charge in [-0.05, 0) is 55.2 Å². The Morgan fingerprint density at radius 1 is 0.966 bits per heavy atom. The summed E-state index contributed by atoms with van der Waals surface area (Å²) >= 11 is 0. The van der Waals surface area contributed by atoms with Crippen LogP contribution in [0.25, 0.3) is 0 Å². The summed E-state index contributed by atoms with van der Waals surface area (Å²) in [5.41, 5.74) is 2.13. The summed E-state index contributed by atoms with van der Waals surface area (Å²) in [6.45, 7) is 4.15. The van der Waals surface area contributed by atoms with Gasteiger partial charge in [0.05, 0.1) is 0 Å². The minimum absolute atomic E-state index is 0.0761. The zero-order valence-electron chi connectivity index (χ0n) is 16.5. The Balaban J connectivity index is 1.53. The third-order valence-corrected chi connectivity index (χ3v) is 4.52. The second-order valence-electron chi connectivity index (χ2n) is 6.66. The average molecular weight is 383 g/mol. The minimum Gasteiger partial charge on any atom is -0.490 e. The van der Waals surface area contributed by atoms with Crippen LogP contribution in [0.15, 0.2) is 85.5 Å².